The van der Waals surface area contributed by atoms with E-state index in [1.165, 1.54) is 0 Å². The summed E-state index contributed by atoms with van der Waals surface area (Å²) >= 11 is 0. The fraction of sp³-hybridized carbons (Fsp3) is 0.611. The molecular weight excluding hydrogens is 308 g/mol. The number of ether oxygens (including phenoxy) is 3. The van der Waals surface area contributed by atoms with Crippen molar-refractivity contribution in [3.63, 3.8) is 0 Å². The zero-order valence-electron chi connectivity index (χ0n) is 14.8. The zero-order chi connectivity index (χ0) is 17.5. The molecule has 0 bridgehead atoms. The van der Waals surface area contributed by atoms with E-state index in [-0.39, 0.29) is 0 Å². The van der Waals surface area contributed by atoms with Crippen LogP contribution in [0.3, 0.4) is 0 Å². The largest absolute Gasteiger partial charge is 0.493 e. The van der Waals surface area contributed by atoms with E-state index >= 15 is 0 Å². The van der Waals surface area contributed by atoms with Crippen LogP contribution >= 0.6 is 0 Å². The first-order valence-corrected chi connectivity index (χ1v) is 8.58. The second-order valence-corrected chi connectivity index (χ2v) is 6.00. The van der Waals surface area contributed by atoms with Gasteiger partial charge in [0.25, 0.3) is 0 Å². The summed E-state index contributed by atoms with van der Waals surface area (Å²) in [5, 5.41) is 0. The molecule has 0 radical (unpaired) electrons. The van der Waals surface area contributed by atoms with Crippen molar-refractivity contribution in [1.82, 2.24) is 4.90 Å². The monoisotopic (exact) mass is 336 g/mol. The van der Waals surface area contributed by atoms with Gasteiger partial charge in [0.05, 0.1) is 31.6 Å². The first-order valence-electron chi connectivity index (χ1n) is 8.58. The molecule has 0 aromatic heterocycles. The summed E-state index contributed by atoms with van der Waals surface area (Å²) in [6, 6.07) is 3.23. The number of nitrogens with two attached hydrogens (primary N) is 1. The van der Waals surface area contributed by atoms with Crippen LogP contribution in [0.2, 0.25) is 0 Å². The number of hydrogen-bond acceptors (Lipinski definition) is 6. The van der Waals surface area contributed by atoms with Crippen molar-refractivity contribution in [3.8, 4) is 11.5 Å². The van der Waals surface area contributed by atoms with E-state index in [9.17, 15) is 4.79 Å². The minimum absolute atomic E-state index is 0.301. The Bertz CT molecular complexity index is 554. The summed E-state index contributed by atoms with van der Waals surface area (Å²) in [6.07, 6.45) is 2.26. The van der Waals surface area contributed by atoms with Gasteiger partial charge in [-0.05, 0) is 45.3 Å². The lowest BCUT2D eigenvalue weighted by Crippen LogP contribution is -2.35. The molecule has 1 aromatic rings. The standard InChI is InChI=1S/C18H28N2O4/c1-4-20-8-6-13(7-9-20)12-24-17-11-15(19)14(10-16(17)22-3)18(21)23-5-2/h10-11,13H,4-9,12,19H2,1-3H3. The predicted octanol–water partition coefficient (Wildman–Crippen LogP) is 2.56. The van der Waals surface area contributed by atoms with Crippen LogP contribution in [0.4, 0.5) is 5.69 Å². The molecule has 1 fully saturated rings. The number of benzene rings is 1. The molecular formula is C18H28N2O4. The minimum Gasteiger partial charge on any atom is -0.493 e. The van der Waals surface area contributed by atoms with Gasteiger partial charge in [0.1, 0.15) is 0 Å². The molecule has 1 aliphatic heterocycles. The van der Waals surface area contributed by atoms with Gasteiger partial charge in [-0.1, -0.05) is 6.92 Å². The Morgan fingerprint density at radius 2 is 1.96 bits per heavy atom. The Labute approximate surface area is 143 Å². The van der Waals surface area contributed by atoms with Crippen LogP contribution in [-0.4, -0.2) is 50.8 Å². The molecule has 0 aliphatic carbocycles. The van der Waals surface area contributed by atoms with E-state index in [0.29, 0.717) is 41.9 Å². The molecule has 0 spiro atoms. The molecule has 6 heteroatoms. The fourth-order valence-electron chi connectivity index (χ4n) is 2.91. The Hall–Kier alpha value is -1.95. The first-order chi connectivity index (χ1) is 11.6. The molecule has 2 N–H and O–H groups in total. The highest BCUT2D eigenvalue weighted by Crippen LogP contribution is 2.33. The number of carbonyl (C=O) groups is 1. The third-order valence-electron chi connectivity index (χ3n) is 4.46. The van der Waals surface area contributed by atoms with Gasteiger partial charge < -0.3 is 24.8 Å². The van der Waals surface area contributed by atoms with E-state index < -0.39 is 5.97 Å². The highest BCUT2D eigenvalue weighted by Gasteiger charge is 2.21. The molecule has 24 heavy (non-hydrogen) atoms. The number of anilines is 1. The van der Waals surface area contributed by atoms with Crippen LogP contribution in [-0.2, 0) is 4.74 Å². The second kappa shape index (κ2) is 8.78. The summed E-state index contributed by atoms with van der Waals surface area (Å²) in [7, 11) is 1.55. The summed E-state index contributed by atoms with van der Waals surface area (Å²) in [5.74, 6) is 1.15. The third-order valence-corrected chi connectivity index (χ3v) is 4.46. The van der Waals surface area contributed by atoms with Gasteiger partial charge in [0.2, 0.25) is 0 Å². The van der Waals surface area contributed by atoms with E-state index in [1.54, 1.807) is 26.2 Å². The lowest BCUT2D eigenvalue weighted by atomic mass is 9.98. The SMILES string of the molecule is CCOC(=O)c1cc(OC)c(OCC2CCN(CC)CC2)cc1N. The number of likely N-dealkylation sites (tertiary alicyclic amines) is 1. The zero-order valence-corrected chi connectivity index (χ0v) is 14.8. The van der Waals surface area contributed by atoms with E-state index in [2.05, 4.69) is 11.8 Å². The molecule has 0 amide bonds. The smallest absolute Gasteiger partial charge is 0.340 e. The first kappa shape index (κ1) is 18.4. The highest BCUT2D eigenvalue weighted by atomic mass is 16.5. The molecule has 2 rings (SSSR count). The summed E-state index contributed by atoms with van der Waals surface area (Å²) in [6.45, 7) is 8.22. The van der Waals surface area contributed by atoms with Crippen molar-refractivity contribution in [1.29, 1.82) is 0 Å². The van der Waals surface area contributed by atoms with E-state index in [1.807, 2.05) is 0 Å². The van der Waals surface area contributed by atoms with Crippen LogP contribution in [0.5, 0.6) is 11.5 Å². The molecule has 134 valence electrons. The molecule has 0 saturated carbocycles. The van der Waals surface area contributed by atoms with Crippen LogP contribution in [0.15, 0.2) is 12.1 Å². The Morgan fingerprint density at radius 3 is 2.54 bits per heavy atom. The van der Waals surface area contributed by atoms with Gasteiger partial charge in [-0.25, -0.2) is 4.79 Å². The van der Waals surface area contributed by atoms with Gasteiger partial charge in [0.15, 0.2) is 11.5 Å². The van der Waals surface area contributed by atoms with Crippen molar-refractivity contribution < 1.29 is 19.0 Å². The lowest BCUT2D eigenvalue weighted by Gasteiger charge is -2.31. The van der Waals surface area contributed by atoms with Crippen LogP contribution < -0.4 is 15.2 Å². The average Bonchev–Trinajstić information content (AvgIpc) is 2.60. The van der Waals surface area contributed by atoms with E-state index in [4.69, 9.17) is 19.9 Å². The van der Waals surface area contributed by atoms with E-state index in [0.717, 1.165) is 32.5 Å². The number of rotatable bonds is 7. The molecule has 0 unspecified atom stereocenters. The Balaban J connectivity index is 2.02. The molecule has 1 saturated heterocycles. The van der Waals surface area contributed by atoms with Crippen LogP contribution in [0.1, 0.15) is 37.0 Å². The fourth-order valence-corrected chi connectivity index (χ4v) is 2.91. The maximum absolute atomic E-state index is 11.9. The van der Waals surface area contributed by atoms with Crippen LogP contribution in [0, 0.1) is 5.92 Å². The average molecular weight is 336 g/mol. The predicted molar refractivity (Wildman–Crippen MR) is 93.7 cm³/mol. The van der Waals surface area contributed by atoms with Crippen molar-refractivity contribution in [2.75, 3.05) is 45.7 Å². The quantitative estimate of drug-likeness (QED) is 0.609. The number of methoxy groups -OCH3 is 1. The van der Waals surface area contributed by atoms with Crippen molar-refractivity contribution in [2.24, 2.45) is 5.92 Å². The van der Waals surface area contributed by atoms with Crippen molar-refractivity contribution >= 4 is 11.7 Å². The summed E-state index contributed by atoms with van der Waals surface area (Å²) < 4.78 is 16.3. The summed E-state index contributed by atoms with van der Waals surface area (Å²) in [5.41, 5.74) is 6.62. The minimum atomic E-state index is -0.452. The number of esters is 1. The third kappa shape index (κ3) is 4.54. The molecule has 0 atom stereocenters. The second-order valence-electron chi connectivity index (χ2n) is 6.00. The number of hydrogen-bond donors (Lipinski definition) is 1. The molecule has 1 aliphatic rings. The van der Waals surface area contributed by atoms with Crippen LogP contribution in [0.25, 0.3) is 0 Å². The van der Waals surface area contributed by atoms with Gasteiger partial charge in [0, 0.05) is 12.1 Å². The summed E-state index contributed by atoms with van der Waals surface area (Å²) in [4.78, 5) is 14.4. The maximum atomic E-state index is 11.9. The highest BCUT2D eigenvalue weighted by molar-refractivity contribution is 5.96. The van der Waals surface area contributed by atoms with Gasteiger partial charge >= 0.3 is 5.97 Å². The van der Waals surface area contributed by atoms with Gasteiger partial charge in [-0.15, -0.1) is 0 Å². The molecule has 1 heterocycles. The lowest BCUT2D eigenvalue weighted by molar-refractivity contribution is 0.0527. The maximum Gasteiger partial charge on any atom is 0.340 e. The number of nitrogens with zero attached hydrogens (tertiary/aromatic N) is 1. The molecule has 6 nitrogen and oxygen atoms in total. The Morgan fingerprint density at radius 1 is 1.25 bits per heavy atom. The normalized spacial score (nSPS) is 16.0. The van der Waals surface area contributed by atoms with Crippen molar-refractivity contribution in [3.05, 3.63) is 17.7 Å². The topological polar surface area (TPSA) is 74.0 Å². The number of nitrogen functional groups attached to an aromatic ring is 1. The number of piperidine rings is 1. The Kier molecular flexibility index (Phi) is 6.73. The molecule has 1 aromatic carbocycles. The van der Waals surface area contributed by atoms with Gasteiger partial charge in [-0.2, -0.15) is 0 Å². The van der Waals surface area contributed by atoms with Crippen molar-refractivity contribution in [2.45, 2.75) is 26.7 Å². The van der Waals surface area contributed by atoms with Gasteiger partial charge in [-0.3, -0.25) is 0 Å². The number of carbonyl (C=O) groups excluding carboxylic acids is 1.